The van der Waals surface area contributed by atoms with E-state index in [0.29, 0.717) is 35.2 Å². The monoisotopic (exact) mass is 383 g/mol. The van der Waals surface area contributed by atoms with Gasteiger partial charge in [0.25, 0.3) is 0 Å². The van der Waals surface area contributed by atoms with Crippen LogP contribution in [0, 0.1) is 5.41 Å². The molecule has 1 aromatic heterocycles. The minimum Gasteiger partial charge on any atom is -0.508 e. The lowest BCUT2D eigenvalue weighted by Gasteiger charge is -2.28. The fourth-order valence-electron chi connectivity index (χ4n) is 3.37. The number of ether oxygens (including phenoxy) is 1. The number of nitrogens with one attached hydrogen (secondary N) is 1. The van der Waals surface area contributed by atoms with E-state index in [9.17, 15) is 5.11 Å². The molecule has 27 heavy (non-hydrogen) atoms. The van der Waals surface area contributed by atoms with E-state index in [4.69, 9.17) is 26.9 Å². The number of phenols is 1. The number of halogens is 1. The maximum atomic E-state index is 9.84. The largest absolute Gasteiger partial charge is 0.508 e. The van der Waals surface area contributed by atoms with Crippen molar-refractivity contribution >= 4 is 11.6 Å². The molecule has 138 valence electrons. The lowest BCUT2D eigenvalue weighted by molar-refractivity contribution is 0.278. The van der Waals surface area contributed by atoms with Crippen molar-refractivity contribution in [1.82, 2.24) is 9.55 Å². The number of aliphatic hydroxyl groups excluding tert-OH is 1. The second-order valence-corrected chi connectivity index (χ2v) is 6.83. The lowest BCUT2D eigenvalue weighted by atomic mass is 9.84. The van der Waals surface area contributed by atoms with Crippen LogP contribution in [0.2, 0.25) is 5.02 Å². The zero-order valence-electron chi connectivity index (χ0n) is 14.4. The van der Waals surface area contributed by atoms with Crippen LogP contribution in [0.15, 0.2) is 48.8 Å². The Kier molecular flexibility index (Phi) is 4.59. The molecule has 3 aromatic rings. The summed E-state index contributed by atoms with van der Waals surface area (Å²) in [7, 11) is 0. The molecule has 1 atom stereocenters. The summed E-state index contributed by atoms with van der Waals surface area (Å²) in [5.74, 6) is 0.691. The van der Waals surface area contributed by atoms with Crippen molar-refractivity contribution in [3.8, 4) is 17.4 Å². The molecular formula is C20H18ClN3O3. The van der Waals surface area contributed by atoms with Gasteiger partial charge in [0.15, 0.2) is 0 Å². The topological polar surface area (TPSA) is 91.4 Å². The normalized spacial score (nSPS) is 15.0. The van der Waals surface area contributed by atoms with Crippen LogP contribution in [0.1, 0.15) is 29.0 Å². The first kappa shape index (κ1) is 17.6. The molecule has 3 N–H and O–H groups in total. The zero-order chi connectivity index (χ0) is 19.0. The summed E-state index contributed by atoms with van der Waals surface area (Å²) in [6.07, 6.45) is 2.08. The zero-order valence-corrected chi connectivity index (χ0v) is 15.1. The number of phenolic OH excluding ortho intramolecular Hbond substituents is 1. The number of rotatable bonds is 4. The molecule has 0 saturated carbocycles. The second kappa shape index (κ2) is 7.06. The predicted molar refractivity (Wildman–Crippen MR) is 100 cm³/mol. The Labute approximate surface area is 160 Å². The van der Waals surface area contributed by atoms with Gasteiger partial charge in [0.05, 0.1) is 5.56 Å². The quantitative estimate of drug-likeness (QED) is 0.503. The molecule has 1 unspecified atom stereocenters. The van der Waals surface area contributed by atoms with E-state index in [2.05, 4.69) is 4.98 Å². The molecule has 1 aliphatic heterocycles. The van der Waals surface area contributed by atoms with Crippen LogP contribution in [0.4, 0.5) is 0 Å². The minimum atomic E-state index is -0.275. The smallest absolute Gasteiger partial charge is 0.228 e. The highest BCUT2D eigenvalue weighted by molar-refractivity contribution is 6.30. The molecule has 0 bridgehead atoms. The maximum absolute atomic E-state index is 9.84. The van der Waals surface area contributed by atoms with Gasteiger partial charge in [-0.3, -0.25) is 5.41 Å². The molecule has 4 rings (SSSR count). The van der Waals surface area contributed by atoms with Gasteiger partial charge in [-0.25, -0.2) is 4.98 Å². The summed E-state index contributed by atoms with van der Waals surface area (Å²) < 4.78 is 7.60. The van der Waals surface area contributed by atoms with E-state index in [1.54, 1.807) is 29.1 Å². The van der Waals surface area contributed by atoms with E-state index >= 15 is 0 Å². The van der Waals surface area contributed by atoms with Gasteiger partial charge in [-0.15, -0.1) is 0 Å². The number of aromatic hydroxyl groups is 1. The summed E-state index contributed by atoms with van der Waals surface area (Å²) in [5.41, 5.74) is 2.73. The average Bonchev–Trinajstić information content (AvgIpc) is 2.66. The Bertz CT molecular complexity index is 1050. The summed E-state index contributed by atoms with van der Waals surface area (Å²) in [4.78, 5) is 4.39. The third kappa shape index (κ3) is 3.18. The summed E-state index contributed by atoms with van der Waals surface area (Å²) in [6, 6.07) is 12.4. The molecule has 0 aliphatic carbocycles. The van der Waals surface area contributed by atoms with Gasteiger partial charge in [0, 0.05) is 35.7 Å². The number of fused-ring (bicyclic) bond motifs is 2. The molecule has 1 aliphatic rings. The molecule has 0 spiro atoms. The van der Waals surface area contributed by atoms with Crippen molar-refractivity contribution in [3.63, 3.8) is 0 Å². The molecule has 2 aromatic carbocycles. The van der Waals surface area contributed by atoms with Gasteiger partial charge in [0.1, 0.15) is 23.3 Å². The highest BCUT2D eigenvalue weighted by atomic mass is 35.5. The fraction of sp³-hybridized carbons (Fsp3) is 0.200. The maximum Gasteiger partial charge on any atom is 0.228 e. The third-order valence-corrected chi connectivity index (χ3v) is 4.90. The van der Waals surface area contributed by atoms with Crippen molar-refractivity contribution in [2.45, 2.75) is 18.9 Å². The van der Waals surface area contributed by atoms with Crippen LogP contribution in [0.5, 0.6) is 17.4 Å². The number of aliphatic hydroxyl groups is 1. The second-order valence-electron chi connectivity index (χ2n) is 6.39. The number of hydrogen-bond acceptors (Lipinski definition) is 5. The average molecular weight is 384 g/mol. The fourth-order valence-corrected chi connectivity index (χ4v) is 3.49. The molecular weight excluding hydrogens is 366 g/mol. The van der Waals surface area contributed by atoms with E-state index in [1.165, 1.54) is 0 Å². The van der Waals surface area contributed by atoms with E-state index < -0.39 is 0 Å². The number of aromatic nitrogens is 2. The third-order valence-electron chi connectivity index (χ3n) is 4.65. The highest BCUT2D eigenvalue weighted by Gasteiger charge is 2.32. The molecule has 6 nitrogen and oxygen atoms in total. The van der Waals surface area contributed by atoms with Gasteiger partial charge in [-0.2, -0.15) is 0 Å². The van der Waals surface area contributed by atoms with Crippen LogP contribution < -0.4 is 10.2 Å². The first-order chi connectivity index (χ1) is 13.1. The van der Waals surface area contributed by atoms with Crippen LogP contribution in [-0.2, 0) is 6.54 Å². The summed E-state index contributed by atoms with van der Waals surface area (Å²) >= 11 is 6.05. The lowest BCUT2D eigenvalue weighted by Crippen LogP contribution is -2.30. The van der Waals surface area contributed by atoms with Crippen molar-refractivity contribution < 1.29 is 14.9 Å². The Morgan fingerprint density at radius 1 is 1.19 bits per heavy atom. The molecule has 0 fully saturated rings. The van der Waals surface area contributed by atoms with Crippen molar-refractivity contribution in [3.05, 3.63) is 76.0 Å². The summed E-state index contributed by atoms with van der Waals surface area (Å²) in [5, 5.41) is 28.3. The van der Waals surface area contributed by atoms with Crippen LogP contribution in [-0.4, -0.2) is 26.4 Å². The number of aryl methyl sites for hydroxylation is 1. The Hall–Kier alpha value is -2.83. The van der Waals surface area contributed by atoms with Gasteiger partial charge < -0.3 is 19.5 Å². The number of nitrogens with zero attached hydrogens (tertiary/aromatic N) is 2. The van der Waals surface area contributed by atoms with Gasteiger partial charge in [0.2, 0.25) is 5.88 Å². The number of benzene rings is 2. The van der Waals surface area contributed by atoms with E-state index in [1.807, 2.05) is 24.3 Å². The highest BCUT2D eigenvalue weighted by Crippen LogP contribution is 2.46. The Balaban J connectivity index is 1.93. The van der Waals surface area contributed by atoms with Crippen molar-refractivity contribution in [2.24, 2.45) is 0 Å². The predicted octanol–water partition coefficient (Wildman–Crippen LogP) is 3.39. The van der Waals surface area contributed by atoms with Crippen LogP contribution in [0.3, 0.4) is 0 Å². The standard InChI is InChI=1S/C20H18ClN3O3/c21-13-4-2-12(3-5-13)17-15-7-6-14(26)10-16(15)27-20-18(17)19(22)24(11-23-20)8-1-9-25/h2-7,10-11,17,22,25-26H,1,8-9H2. The molecule has 0 amide bonds. The molecule has 2 heterocycles. The Morgan fingerprint density at radius 2 is 1.96 bits per heavy atom. The van der Waals surface area contributed by atoms with Gasteiger partial charge >= 0.3 is 0 Å². The minimum absolute atomic E-state index is 0.0444. The van der Waals surface area contributed by atoms with Crippen LogP contribution in [0.25, 0.3) is 0 Å². The molecule has 0 saturated heterocycles. The van der Waals surface area contributed by atoms with E-state index in [-0.39, 0.29) is 23.8 Å². The molecule has 7 heteroatoms. The first-order valence-electron chi connectivity index (χ1n) is 8.59. The van der Waals surface area contributed by atoms with Gasteiger partial charge in [-0.05, 0) is 30.2 Å². The van der Waals surface area contributed by atoms with Crippen LogP contribution >= 0.6 is 11.6 Å². The summed E-state index contributed by atoms with van der Waals surface area (Å²) in [6.45, 7) is 0.536. The van der Waals surface area contributed by atoms with Gasteiger partial charge in [-0.1, -0.05) is 29.8 Å². The van der Waals surface area contributed by atoms with Crippen molar-refractivity contribution in [1.29, 1.82) is 5.41 Å². The van der Waals surface area contributed by atoms with Crippen molar-refractivity contribution in [2.75, 3.05) is 6.61 Å². The van der Waals surface area contributed by atoms with E-state index in [0.717, 1.165) is 11.1 Å². The first-order valence-corrected chi connectivity index (χ1v) is 8.97. The Morgan fingerprint density at radius 3 is 2.70 bits per heavy atom. The SMILES string of the molecule is N=c1c2c(ncn1CCCO)Oc1cc(O)ccc1C2c1ccc(Cl)cc1. The molecule has 0 radical (unpaired) electrons. The number of hydrogen-bond donors (Lipinski definition) is 3.